The maximum absolute atomic E-state index is 12.3. The van der Waals surface area contributed by atoms with Crippen LogP contribution in [-0.4, -0.2) is 17.4 Å². The molecule has 0 atom stereocenters. The van der Waals surface area contributed by atoms with Crippen molar-refractivity contribution in [1.82, 2.24) is 4.98 Å². The molecule has 0 saturated carbocycles. The largest absolute Gasteiger partial charge is 0.384 e. The standard InChI is InChI=1S/C22H23N3O/c1-17-8-5-6-12-20(17)22(26)25-21-14-13-19(16-24-21)23-15-7-11-18-9-3-2-4-10-18/h2-6,8-10,12-14,16,23H,7,11,15H2,1H3,(H,24,25,26). The summed E-state index contributed by atoms with van der Waals surface area (Å²) in [7, 11) is 0. The third-order valence-electron chi connectivity index (χ3n) is 4.21. The minimum Gasteiger partial charge on any atom is -0.384 e. The molecule has 0 unspecified atom stereocenters. The minimum atomic E-state index is -0.140. The van der Waals surface area contributed by atoms with Gasteiger partial charge in [-0.25, -0.2) is 4.98 Å². The number of anilines is 2. The molecule has 0 aliphatic carbocycles. The van der Waals surface area contributed by atoms with Gasteiger partial charge in [-0.05, 0) is 49.1 Å². The smallest absolute Gasteiger partial charge is 0.257 e. The molecule has 4 heteroatoms. The topological polar surface area (TPSA) is 54.0 Å². The van der Waals surface area contributed by atoms with Crippen molar-refractivity contribution in [3.63, 3.8) is 0 Å². The Labute approximate surface area is 154 Å². The van der Waals surface area contributed by atoms with E-state index in [-0.39, 0.29) is 5.91 Å². The van der Waals surface area contributed by atoms with Crippen LogP contribution in [0.3, 0.4) is 0 Å². The molecule has 0 spiro atoms. The second kappa shape index (κ2) is 8.81. The van der Waals surface area contributed by atoms with Crippen LogP contribution >= 0.6 is 0 Å². The normalized spacial score (nSPS) is 10.3. The molecule has 0 radical (unpaired) electrons. The van der Waals surface area contributed by atoms with E-state index in [1.54, 1.807) is 6.20 Å². The number of nitrogens with zero attached hydrogens (tertiary/aromatic N) is 1. The van der Waals surface area contributed by atoms with Crippen LogP contribution in [0.25, 0.3) is 0 Å². The van der Waals surface area contributed by atoms with E-state index in [0.717, 1.165) is 30.6 Å². The third kappa shape index (κ3) is 4.93. The number of rotatable bonds is 7. The Morgan fingerprint density at radius 3 is 2.46 bits per heavy atom. The second-order valence-electron chi connectivity index (χ2n) is 6.22. The first-order chi connectivity index (χ1) is 12.7. The zero-order valence-corrected chi connectivity index (χ0v) is 14.9. The second-order valence-corrected chi connectivity index (χ2v) is 6.22. The predicted molar refractivity (Wildman–Crippen MR) is 107 cm³/mol. The molecule has 1 aromatic heterocycles. The van der Waals surface area contributed by atoms with E-state index in [1.807, 2.05) is 49.4 Å². The summed E-state index contributed by atoms with van der Waals surface area (Å²) >= 11 is 0. The lowest BCUT2D eigenvalue weighted by Crippen LogP contribution is -2.14. The van der Waals surface area contributed by atoms with Gasteiger partial charge < -0.3 is 10.6 Å². The highest BCUT2D eigenvalue weighted by Gasteiger charge is 2.08. The van der Waals surface area contributed by atoms with Gasteiger partial charge in [-0.2, -0.15) is 0 Å². The Morgan fingerprint density at radius 2 is 1.73 bits per heavy atom. The van der Waals surface area contributed by atoms with Gasteiger partial charge in [-0.3, -0.25) is 4.79 Å². The fourth-order valence-electron chi connectivity index (χ4n) is 2.75. The molecule has 1 heterocycles. The van der Waals surface area contributed by atoms with Gasteiger partial charge in [0.15, 0.2) is 0 Å². The van der Waals surface area contributed by atoms with Gasteiger partial charge in [-0.1, -0.05) is 48.5 Å². The zero-order chi connectivity index (χ0) is 18.2. The van der Waals surface area contributed by atoms with Crippen molar-refractivity contribution < 1.29 is 4.79 Å². The monoisotopic (exact) mass is 345 g/mol. The molecule has 132 valence electrons. The highest BCUT2D eigenvalue weighted by molar-refractivity contribution is 6.04. The van der Waals surface area contributed by atoms with Gasteiger partial charge >= 0.3 is 0 Å². The van der Waals surface area contributed by atoms with Gasteiger partial charge in [0, 0.05) is 12.1 Å². The van der Waals surface area contributed by atoms with E-state index >= 15 is 0 Å². The summed E-state index contributed by atoms with van der Waals surface area (Å²) in [5.74, 6) is 0.409. The number of pyridine rings is 1. The number of carbonyl (C=O) groups excluding carboxylic acids is 1. The number of carbonyl (C=O) groups is 1. The third-order valence-corrected chi connectivity index (χ3v) is 4.21. The first-order valence-corrected chi connectivity index (χ1v) is 8.83. The molecule has 0 aliphatic heterocycles. The maximum Gasteiger partial charge on any atom is 0.257 e. The number of hydrogen-bond acceptors (Lipinski definition) is 3. The summed E-state index contributed by atoms with van der Waals surface area (Å²) < 4.78 is 0. The van der Waals surface area contributed by atoms with Crippen molar-refractivity contribution in [3.8, 4) is 0 Å². The van der Waals surface area contributed by atoms with Gasteiger partial charge in [0.1, 0.15) is 5.82 Å². The van der Waals surface area contributed by atoms with Crippen LogP contribution in [0.1, 0.15) is 27.9 Å². The van der Waals surface area contributed by atoms with E-state index in [1.165, 1.54) is 5.56 Å². The van der Waals surface area contributed by atoms with Crippen molar-refractivity contribution in [2.24, 2.45) is 0 Å². The molecule has 1 amide bonds. The van der Waals surface area contributed by atoms with Crippen LogP contribution in [0.4, 0.5) is 11.5 Å². The number of hydrogen-bond donors (Lipinski definition) is 2. The van der Waals surface area contributed by atoms with Crippen molar-refractivity contribution >= 4 is 17.4 Å². The van der Waals surface area contributed by atoms with E-state index in [2.05, 4.69) is 39.9 Å². The molecule has 4 nitrogen and oxygen atoms in total. The summed E-state index contributed by atoms with van der Waals surface area (Å²) in [5.41, 5.74) is 3.91. The quantitative estimate of drug-likeness (QED) is 0.611. The molecule has 2 N–H and O–H groups in total. The van der Waals surface area contributed by atoms with Crippen LogP contribution in [0.2, 0.25) is 0 Å². The van der Waals surface area contributed by atoms with Crippen molar-refractivity contribution in [2.75, 3.05) is 17.2 Å². The highest BCUT2D eigenvalue weighted by Crippen LogP contribution is 2.13. The lowest BCUT2D eigenvalue weighted by Gasteiger charge is -2.09. The number of benzene rings is 2. The molecular formula is C22H23N3O. The van der Waals surface area contributed by atoms with Crippen molar-refractivity contribution in [2.45, 2.75) is 19.8 Å². The van der Waals surface area contributed by atoms with Gasteiger partial charge in [0.25, 0.3) is 5.91 Å². The summed E-state index contributed by atoms with van der Waals surface area (Å²) in [4.78, 5) is 16.6. The Kier molecular flexibility index (Phi) is 5.99. The maximum atomic E-state index is 12.3. The van der Waals surface area contributed by atoms with Crippen molar-refractivity contribution in [3.05, 3.63) is 89.6 Å². The summed E-state index contributed by atoms with van der Waals surface area (Å²) in [5, 5.41) is 6.20. The Bertz CT molecular complexity index is 845. The molecule has 3 rings (SSSR count). The van der Waals surface area contributed by atoms with Crippen LogP contribution < -0.4 is 10.6 Å². The zero-order valence-electron chi connectivity index (χ0n) is 14.9. The number of aryl methyl sites for hydroxylation is 2. The van der Waals surface area contributed by atoms with Crippen LogP contribution in [0.15, 0.2) is 72.9 Å². The molecule has 0 aliphatic rings. The predicted octanol–water partition coefficient (Wildman–Crippen LogP) is 4.69. The Morgan fingerprint density at radius 1 is 0.962 bits per heavy atom. The summed E-state index contributed by atoms with van der Waals surface area (Å²) in [6.45, 7) is 2.80. The average Bonchev–Trinajstić information content (AvgIpc) is 2.67. The minimum absolute atomic E-state index is 0.140. The number of aromatic nitrogens is 1. The molecule has 2 aromatic carbocycles. The van der Waals surface area contributed by atoms with Crippen molar-refractivity contribution in [1.29, 1.82) is 0 Å². The van der Waals surface area contributed by atoms with Crippen LogP contribution in [0.5, 0.6) is 0 Å². The fraction of sp³-hybridized carbons (Fsp3) is 0.182. The number of nitrogens with one attached hydrogen (secondary N) is 2. The van der Waals surface area contributed by atoms with E-state index in [9.17, 15) is 4.79 Å². The average molecular weight is 345 g/mol. The molecule has 0 saturated heterocycles. The Hall–Kier alpha value is -3.14. The first-order valence-electron chi connectivity index (χ1n) is 8.83. The number of amides is 1. The molecule has 3 aromatic rings. The van der Waals surface area contributed by atoms with E-state index < -0.39 is 0 Å². The van der Waals surface area contributed by atoms with E-state index in [4.69, 9.17) is 0 Å². The fourth-order valence-corrected chi connectivity index (χ4v) is 2.75. The highest BCUT2D eigenvalue weighted by atomic mass is 16.1. The lowest BCUT2D eigenvalue weighted by atomic mass is 10.1. The molecule has 0 bridgehead atoms. The molecule has 26 heavy (non-hydrogen) atoms. The summed E-state index contributed by atoms with van der Waals surface area (Å²) in [6.07, 6.45) is 3.84. The molecule has 0 fully saturated rings. The van der Waals surface area contributed by atoms with Gasteiger partial charge in [0.2, 0.25) is 0 Å². The van der Waals surface area contributed by atoms with Gasteiger partial charge in [-0.15, -0.1) is 0 Å². The SMILES string of the molecule is Cc1ccccc1C(=O)Nc1ccc(NCCCc2ccccc2)cn1. The molecular weight excluding hydrogens is 322 g/mol. The Balaban J connectivity index is 1.47. The summed E-state index contributed by atoms with van der Waals surface area (Å²) in [6, 6.07) is 21.7. The lowest BCUT2D eigenvalue weighted by molar-refractivity contribution is 0.102. The van der Waals surface area contributed by atoms with E-state index in [0.29, 0.717) is 11.4 Å². The van der Waals surface area contributed by atoms with Crippen LogP contribution in [-0.2, 0) is 6.42 Å². The first kappa shape index (κ1) is 17.7. The van der Waals surface area contributed by atoms with Crippen LogP contribution in [0, 0.1) is 6.92 Å². The van der Waals surface area contributed by atoms with Gasteiger partial charge in [0.05, 0.1) is 11.9 Å².